The zero-order valence-electron chi connectivity index (χ0n) is 9.75. The van der Waals surface area contributed by atoms with Crippen molar-refractivity contribution in [2.24, 2.45) is 0 Å². The Kier molecular flexibility index (Phi) is 6.32. The largest absolute Gasteiger partial charge is 0.315 e. The van der Waals surface area contributed by atoms with Crippen LogP contribution in [-0.4, -0.2) is 37.5 Å². The van der Waals surface area contributed by atoms with Gasteiger partial charge in [-0.3, -0.25) is 0 Å². The van der Waals surface area contributed by atoms with E-state index in [0.717, 1.165) is 13.1 Å². The van der Waals surface area contributed by atoms with Crippen LogP contribution < -0.4 is 5.32 Å². The van der Waals surface area contributed by atoms with Gasteiger partial charge in [-0.2, -0.15) is 11.8 Å². The molecule has 0 amide bonds. The summed E-state index contributed by atoms with van der Waals surface area (Å²) in [5, 5.41) is 3.18. The van der Waals surface area contributed by atoms with Gasteiger partial charge in [0.1, 0.15) is 0 Å². The van der Waals surface area contributed by atoms with Crippen LogP contribution >= 0.6 is 23.1 Å². The summed E-state index contributed by atoms with van der Waals surface area (Å²) < 4.78 is 0. The molecule has 1 N–H and O–H groups in total. The van der Waals surface area contributed by atoms with Gasteiger partial charge < -0.3 is 10.2 Å². The van der Waals surface area contributed by atoms with E-state index in [4.69, 9.17) is 0 Å². The van der Waals surface area contributed by atoms with Crippen LogP contribution in [0.1, 0.15) is 9.75 Å². The summed E-state index contributed by atoms with van der Waals surface area (Å²) in [6.07, 6.45) is 2.16. The molecule has 2 nitrogen and oxygen atoms in total. The summed E-state index contributed by atoms with van der Waals surface area (Å²) in [5.74, 6) is 1.21. The van der Waals surface area contributed by atoms with Gasteiger partial charge in [-0.15, -0.1) is 11.3 Å². The Morgan fingerprint density at radius 2 is 2.13 bits per heavy atom. The van der Waals surface area contributed by atoms with Crippen molar-refractivity contribution in [2.45, 2.75) is 13.1 Å². The van der Waals surface area contributed by atoms with Crippen molar-refractivity contribution in [2.75, 3.05) is 32.6 Å². The van der Waals surface area contributed by atoms with E-state index in [2.05, 4.69) is 35.7 Å². The molecule has 0 radical (unpaired) electrons. The zero-order valence-corrected chi connectivity index (χ0v) is 11.4. The summed E-state index contributed by atoms with van der Waals surface area (Å²) in [7, 11) is 4.18. The van der Waals surface area contributed by atoms with Gasteiger partial charge in [-0.25, -0.2) is 0 Å². The molecule has 1 rings (SSSR count). The summed E-state index contributed by atoms with van der Waals surface area (Å²) >= 11 is 3.81. The van der Waals surface area contributed by atoms with Crippen LogP contribution in [0.2, 0.25) is 0 Å². The average molecular weight is 244 g/mol. The van der Waals surface area contributed by atoms with Crippen molar-refractivity contribution in [1.82, 2.24) is 10.2 Å². The molecule has 0 aliphatic heterocycles. The minimum Gasteiger partial charge on any atom is -0.315 e. The first-order chi connectivity index (χ1) is 7.26. The van der Waals surface area contributed by atoms with E-state index in [9.17, 15) is 0 Å². The van der Waals surface area contributed by atoms with Crippen LogP contribution in [-0.2, 0) is 13.1 Å². The maximum absolute atomic E-state index is 3.18. The topological polar surface area (TPSA) is 15.3 Å². The van der Waals surface area contributed by atoms with E-state index < -0.39 is 0 Å². The van der Waals surface area contributed by atoms with Gasteiger partial charge >= 0.3 is 0 Å². The highest BCUT2D eigenvalue weighted by Crippen LogP contribution is 2.17. The Morgan fingerprint density at radius 3 is 2.80 bits per heavy atom. The first-order valence-corrected chi connectivity index (χ1v) is 7.37. The van der Waals surface area contributed by atoms with E-state index >= 15 is 0 Å². The summed E-state index contributed by atoms with van der Waals surface area (Å²) in [6, 6.07) is 4.46. The predicted molar refractivity (Wildman–Crippen MR) is 71.8 cm³/mol. The Bertz CT molecular complexity index is 273. The molecule has 0 fully saturated rings. The molecule has 1 aromatic heterocycles. The molecule has 4 heteroatoms. The molecule has 0 aliphatic rings. The minimum atomic E-state index is 0.985. The molecule has 15 heavy (non-hydrogen) atoms. The van der Waals surface area contributed by atoms with Crippen molar-refractivity contribution < 1.29 is 0 Å². The zero-order chi connectivity index (χ0) is 11.1. The Hall–Kier alpha value is -0.0300. The highest BCUT2D eigenvalue weighted by atomic mass is 32.2. The maximum atomic E-state index is 3.18. The lowest BCUT2D eigenvalue weighted by atomic mass is 10.4. The fourth-order valence-corrected chi connectivity index (χ4v) is 2.97. The lowest BCUT2D eigenvalue weighted by molar-refractivity contribution is 0.352. The van der Waals surface area contributed by atoms with Gasteiger partial charge in [0.2, 0.25) is 0 Å². The van der Waals surface area contributed by atoms with Gasteiger partial charge in [-0.1, -0.05) is 0 Å². The van der Waals surface area contributed by atoms with Crippen molar-refractivity contribution in [3.8, 4) is 0 Å². The van der Waals surface area contributed by atoms with E-state index in [1.165, 1.54) is 22.1 Å². The number of nitrogens with one attached hydrogen (secondary N) is 1. The van der Waals surface area contributed by atoms with Crippen LogP contribution in [0, 0.1) is 0 Å². The van der Waals surface area contributed by atoms with E-state index in [0.29, 0.717) is 0 Å². The normalized spacial score (nSPS) is 11.2. The first-order valence-electron chi connectivity index (χ1n) is 5.16. The lowest BCUT2D eigenvalue weighted by Crippen LogP contribution is -2.19. The quantitative estimate of drug-likeness (QED) is 0.792. The Balaban J connectivity index is 2.35. The van der Waals surface area contributed by atoms with Gasteiger partial charge in [0.15, 0.2) is 0 Å². The molecule has 0 saturated carbocycles. The molecular formula is C11H20N2S2. The van der Waals surface area contributed by atoms with Gasteiger partial charge in [0.05, 0.1) is 0 Å². The SMILES string of the molecule is CNCc1ccc(CN(C)CCSC)s1. The Morgan fingerprint density at radius 1 is 1.40 bits per heavy atom. The second-order valence-electron chi connectivity index (χ2n) is 3.63. The molecule has 0 spiro atoms. The predicted octanol–water partition coefficient (Wildman–Crippen LogP) is 2.26. The number of hydrogen-bond donors (Lipinski definition) is 1. The molecule has 0 atom stereocenters. The third-order valence-corrected chi connectivity index (χ3v) is 3.83. The van der Waals surface area contributed by atoms with Gasteiger partial charge in [0.25, 0.3) is 0 Å². The summed E-state index contributed by atoms with van der Waals surface area (Å²) in [6.45, 7) is 3.23. The minimum absolute atomic E-state index is 0.985. The molecule has 0 aliphatic carbocycles. The standard InChI is InChI=1S/C11H20N2S2/c1-12-8-10-4-5-11(15-10)9-13(2)6-7-14-3/h4-5,12H,6-9H2,1-3H3. The molecule has 0 unspecified atom stereocenters. The van der Waals surface area contributed by atoms with Crippen molar-refractivity contribution in [3.05, 3.63) is 21.9 Å². The van der Waals surface area contributed by atoms with E-state index in [1.54, 1.807) is 0 Å². The smallest absolute Gasteiger partial charge is 0.0325 e. The second kappa shape index (κ2) is 7.28. The van der Waals surface area contributed by atoms with Crippen LogP contribution in [0.25, 0.3) is 0 Å². The monoisotopic (exact) mass is 244 g/mol. The van der Waals surface area contributed by atoms with Crippen LogP contribution in [0.5, 0.6) is 0 Å². The third-order valence-electron chi connectivity index (χ3n) is 2.17. The highest BCUT2D eigenvalue weighted by Gasteiger charge is 2.03. The Labute approximate surface area is 101 Å². The van der Waals surface area contributed by atoms with Gasteiger partial charge in [-0.05, 0) is 32.5 Å². The molecular weight excluding hydrogens is 224 g/mol. The highest BCUT2D eigenvalue weighted by molar-refractivity contribution is 7.98. The van der Waals surface area contributed by atoms with Crippen molar-refractivity contribution >= 4 is 23.1 Å². The van der Waals surface area contributed by atoms with Gasteiger partial charge in [0, 0.05) is 35.1 Å². The molecule has 0 saturated heterocycles. The number of thiophene rings is 1. The number of rotatable bonds is 7. The molecule has 0 aromatic carbocycles. The number of hydrogen-bond acceptors (Lipinski definition) is 4. The number of thioether (sulfide) groups is 1. The van der Waals surface area contributed by atoms with Crippen LogP contribution in [0.15, 0.2) is 12.1 Å². The third kappa shape index (κ3) is 5.02. The molecule has 1 heterocycles. The fourth-order valence-electron chi connectivity index (χ4n) is 1.37. The molecule has 1 aromatic rings. The van der Waals surface area contributed by atoms with E-state index in [-0.39, 0.29) is 0 Å². The van der Waals surface area contributed by atoms with Crippen molar-refractivity contribution in [1.29, 1.82) is 0 Å². The van der Waals surface area contributed by atoms with Crippen molar-refractivity contribution in [3.63, 3.8) is 0 Å². The summed E-state index contributed by atoms with van der Waals surface area (Å²) in [5.41, 5.74) is 0. The summed E-state index contributed by atoms with van der Waals surface area (Å²) in [4.78, 5) is 5.26. The van der Waals surface area contributed by atoms with Crippen LogP contribution in [0.3, 0.4) is 0 Å². The molecule has 86 valence electrons. The lowest BCUT2D eigenvalue weighted by Gasteiger charge is -2.14. The maximum Gasteiger partial charge on any atom is 0.0325 e. The number of nitrogens with zero attached hydrogens (tertiary/aromatic N) is 1. The average Bonchev–Trinajstić information content (AvgIpc) is 2.63. The molecule has 0 bridgehead atoms. The van der Waals surface area contributed by atoms with E-state index in [1.807, 2.05) is 30.1 Å². The van der Waals surface area contributed by atoms with Crippen LogP contribution in [0.4, 0.5) is 0 Å². The second-order valence-corrected chi connectivity index (χ2v) is 5.87. The first kappa shape index (κ1) is 13.0. The fraction of sp³-hybridized carbons (Fsp3) is 0.636.